The van der Waals surface area contributed by atoms with Crippen LogP contribution < -0.4 is 9.47 Å². The number of carbonyl (C=O) groups is 1. The molecule has 2 unspecified atom stereocenters. The summed E-state index contributed by atoms with van der Waals surface area (Å²) in [5.74, 6) is -1.00. The molecule has 8 nitrogen and oxygen atoms in total. The van der Waals surface area contributed by atoms with Gasteiger partial charge in [0, 0.05) is 25.4 Å². The number of hydrogen-bond donors (Lipinski definition) is 0. The van der Waals surface area contributed by atoms with Gasteiger partial charge in [-0.2, -0.15) is 13.1 Å². The highest BCUT2D eigenvalue weighted by atomic mass is 35.5. The number of benzene rings is 2. The van der Waals surface area contributed by atoms with Crippen LogP contribution >= 0.6 is 23.2 Å². The topological polar surface area (TPSA) is 95.0 Å². The molecule has 39 heavy (non-hydrogen) atoms. The molecule has 0 saturated carbocycles. The van der Waals surface area contributed by atoms with Crippen LogP contribution in [0.15, 0.2) is 65.8 Å². The number of nitrogens with zero attached hydrogens (tertiary/aromatic N) is 2. The highest BCUT2D eigenvalue weighted by molar-refractivity contribution is 7.89. The predicted octanol–water partition coefficient (Wildman–Crippen LogP) is 5.68. The Labute approximate surface area is 234 Å². The van der Waals surface area contributed by atoms with Crippen LogP contribution in [0.25, 0.3) is 0 Å². The van der Waals surface area contributed by atoms with Gasteiger partial charge in [-0.15, -0.1) is 0 Å². The van der Waals surface area contributed by atoms with E-state index in [-0.39, 0.29) is 45.8 Å². The number of halogens is 4. The number of carbonyl (C=O) groups excluding carboxylic acids is 1. The van der Waals surface area contributed by atoms with E-state index >= 15 is 0 Å². The van der Waals surface area contributed by atoms with Crippen molar-refractivity contribution in [3.05, 3.63) is 82.1 Å². The summed E-state index contributed by atoms with van der Waals surface area (Å²) in [4.78, 5) is 17.5. The second-order valence-electron chi connectivity index (χ2n) is 8.59. The molecule has 0 spiro atoms. The van der Waals surface area contributed by atoms with Crippen LogP contribution in [0, 0.1) is 0 Å². The molecule has 1 aromatic heterocycles. The Kier molecular flexibility index (Phi) is 9.27. The molecule has 3 aromatic rings. The number of hydrogen-bond acceptors (Lipinski definition) is 7. The Morgan fingerprint density at radius 2 is 1.79 bits per heavy atom. The molecule has 0 bridgehead atoms. The van der Waals surface area contributed by atoms with Gasteiger partial charge in [-0.05, 0) is 48.2 Å². The molecule has 1 saturated heterocycles. The Morgan fingerprint density at radius 1 is 1.10 bits per heavy atom. The number of methoxy groups -OCH3 is 1. The Balaban J connectivity index is 1.67. The monoisotopic (exact) mass is 600 g/mol. The van der Waals surface area contributed by atoms with Crippen molar-refractivity contribution in [1.29, 1.82) is 0 Å². The number of ether oxygens (including phenoxy) is 3. The first-order valence-electron chi connectivity index (χ1n) is 11.8. The molecule has 1 fully saturated rings. The zero-order valence-corrected chi connectivity index (χ0v) is 22.9. The van der Waals surface area contributed by atoms with E-state index < -0.39 is 34.7 Å². The van der Waals surface area contributed by atoms with Crippen molar-refractivity contribution in [1.82, 2.24) is 9.29 Å². The van der Waals surface area contributed by atoms with E-state index in [2.05, 4.69) is 9.72 Å². The van der Waals surface area contributed by atoms with Gasteiger partial charge in [0.25, 0.3) is 0 Å². The zero-order valence-electron chi connectivity index (χ0n) is 20.6. The number of aromatic nitrogens is 1. The Bertz CT molecular complexity index is 1410. The summed E-state index contributed by atoms with van der Waals surface area (Å²) < 4.78 is 68.9. The molecule has 2 heterocycles. The predicted molar refractivity (Wildman–Crippen MR) is 140 cm³/mol. The third-order valence-electron chi connectivity index (χ3n) is 6.20. The van der Waals surface area contributed by atoms with Crippen LogP contribution in [0.3, 0.4) is 0 Å². The molecule has 4 rings (SSSR count). The van der Waals surface area contributed by atoms with Crippen LogP contribution in [0.1, 0.15) is 30.1 Å². The molecule has 1 aliphatic heterocycles. The van der Waals surface area contributed by atoms with E-state index in [0.717, 1.165) is 4.31 Å². The van der Waals surface area contributed by atoms with Crippen molar-refractivity contribution in [2.45, 2.75) is 42.9 Å². The average molecular weight is 601 g/mol. The number of pyridine rings is 1. The largest absolute Gasteiger partial charge is 0.493 e. The normalized spacial score (nSPS) is 16.7. The number of sulfonamides is 1. The van der Waals surface area contributed by atoms with Crippen LogP contribution in [-0.2, 0) is 26.0 Å². The Hall–Kier alpha value is -2.99. The summed E-state index contributed by atoms with van der Waals surface area (Å²) in [5.41, 5.74) is 0.791. The summed E-state index contributed by atoms with van der Waals surface area (Å²) >= 11 is 12.6. The summed E-state index contributed by atoms with van der Waals surface area (Å²) in [7, 11) is -2.68. The van der Waals surface area contributed by atoms with Crippen molar-refractivity contribution >= 4 is 39.2 Å². The quantitative estimate of drug-likeness (QED) is 0.276. The summed E-state index contributed by atoms with van der Waals surface area (Å²) in [5, 5.41) is 0.449. The summed E-state index contributed by atoms with van der Waals surface area (Å²) in [6.45, 7) is -2.93. The average Bonchev–Trinajstić information content (AvgIpc) is 3.42. The Morgan fingerprint density at radius 3 is 2.44 bits per heavy atom. The maximum Gasteiger partial charge on any atom is 0.387 e. The van der Waals surface area contributed by atoms with Gasteiger partial charge in [0.1, 0.15) is 12.1 Å². The smallest absolute Gasteiger partial charge is 0.387 e. The summed E-state index contributed by atoms with van der Waals surface area (Å²) in [6.07, 6.45) is 2.44. The number of esters is 1. The van der Waals surface area contributed by atoms with E-state index in [1.807, 2.05) is 0 Å². The fourth-order valence-electron chi connectivity index (χ4n) is 4.33. The minimum absolute atomic E-state index is 0.0116. The zero-order chi connectivity index (χ0) is 28.2. The molecule has 0 aliphatic carbocycles. The van der Waals surface area contributed by atoms with Crippen molar-refractivity contribution in [2.24, 2.45) is 0 Å². The molecule has 13 heteroatoms. The standard InChI is InChI=1S/C26H24Cl2F2N2O6S/c1-36-24-12-16(9-10-22(24)38-26(29)30)23(13-18-19(27)14-31-15-20(18)28)37-25(33)21-8-5-11-32(21)39(34,35)17-6-3-2-4-7-17/h2-4,6-7,9-10,12,14-15,21,23,26H,5,8,11,13H2,1H3. The summed E-state index contributed by atoms with van der Waals surface area (Å²) in [6, 6.07) is 10.8. The van der Waals surface area contributed by atoms with Gasteiger partial charge in [0.15, 0.2) is 11.5 Å². The molecule has 1 aliphatic rings. The fourth-order valence-corrected chi connectivity index (χ4v) is 6.52. The lowest BCUT2D eigenvalue weighted by atomic mass is 10.0. The first kappa shape index (κ1) is 29.0. The van der Waals surface area contributed by atoms with Crippen LogP contribution in [0.2, 0.25) is 10.0 Å². The third kappa shape index (κ3) is 6.60. The second kappa shape index (κ2) is 12.5. The third-order valence-corrected chi connectivity index (χ3v) is 8.78. The maximum atomic E-state index is 13.5. The van der Waals surface area contributed by atoms with Crippen LogP contribution in [0.4, 0.5) is 8.78 Å². The van der Waals surface area contributed by atoms with Gasteiger partial charge >= 0.3 is 12.6 Å². The molecule has 208 valence electrons. The molecule has 0 radical (unpaired) electrons. The number of alkyl halides is 2. The van der Waals surface area contributed by atoms with Crippen molar-refractivity contribution in [3.63, 3.8) is 0 Å². The fraction of sp³-hybridized carbons (Fsp3) is 0.308. The number of rotatable bonds is 10. The molecular weight excluding hydrogens is 577 g/mol. The second-order valence-corrected chi connectivity index (χ2v) is 11.3. The lowest BCUT2D eigenvalue weighted by molar-refractivity contribution is -0.153. The molecule has 2 aromatic carbocycles. The van der Waals surface area contributed by atoms with E-state index in [1.165, 1.54) is 49.8 Å². The van der Waals surface area contributed by atoms with E-state index in [9.17, 15) is 22.0 Å². The highest BCUT2D eigenvalue weighted by Crippen LogP contribution is 2.37. The van der Waals surface area contributed by atoms with Crippen molar-refractivity contribution < 1.29 is 36.2 Å². The first-order valence-corrected chi connectivity index (χ1v) is 14.0. The van der Waals surface area contributed by atoms with Gasteiger partial charge < -0.3 is 14.2 Å². The molecule has 2 atom stereocenters. The van der Waals surface area contributed by atoms with Gasteiger partial charge in [-0.1, -0.05) is 47.5 Å². The van der Waals surface area contributed by atoms with Crippen molar-refractivity contribution in [2.75, 3.05) is 13.7 Å². The van der Waals surface area contributed by atoms with Gasteiger partial charge in [-0.3, -0.25) is 9.78 Å². The van der Waals surface area contributed by atoms with E-state index in [4.69, 9.17) is 32.7 Å². The lowest BCUT2D eigenvalue weighted by Gasteiger charge is -2.26. The molecular formula is C26H24Cl2F2N2O6S. The first-order chi connectivity index (χ1) is 18.6. The molecule has 0 N–H and O–H groups in total. The van der Waals surface area contributed by atoms with Crippen molar-refractivity contribution in [3.8, 4) is 11.5 Å². The maximum absolute atomic E-state index is 13.5. The van der Waals surface area contributed by atoms with E-state index in [0.29, 0.717) is 17.5 Å². The van der Waals surface area contributed by atoms with E-state index in [1.54, 1.807) is 18.2 Å². The SMILES string of the molecule is COc1cc(C(Cc2c(Cl)cncc2Cl)OC(=O)C2CCCN2S(=O)(=O)c2ccccc2)ccc1OC(F)F. The van der Waals surface area contributed by atoms with Crippen LogP contribution in [0.5, 0.6) is 11.5 Å². The minimum atomic E-state index is -3.96. The van der Waals surface area contributed by atoms with Gasteiger partial charge in [0.2, 0.25) is 10.0 Å². The lowest BCUT2D eigenvalue weighted by Crippen LogP contribution is -2.41. The highest BCUT2D eigenvalue weighted by Gasteiger charge is 2.41. The van der Waals surface area contributed by atoms with Gasteiger partial charge in [0.05, 0.1) is 22.1 Å². The van der Waals surface area contributed by atoms with Crippen LogP contribution in [-0.4, -0.2) is 50.0 Å². The minimum Gasteiger partial charge on any atom is -0.493 e. The van der Waals surface area contributed by atoms with Gasteiger partial charge in [-0.25, -0.2) is 8.42 Å². The molecule has 0 amide bonds.